The van der Waals surface area contributed by atoms with Crippen LogP contribution in [0.2, 0.25) is 0 Å². The smallest absolute Gasteiger partial charge is 0.306 e. The van der Waals surface area contributed by atoms with Crippen LogP contribution in [0.3, 0.4) is 0 Å². The molecule has 0 radical (unpaired) electrons. The van der Waals surface area contributed by atoms with Crippen LogP contribution in [0, 0.1) is 0 Å². The molecule has 0 fully saturated rings. The molecule has 0 heterocycles. The Labute approximate surface area is 292 Å². The van der Waals surface area contributed by atoms with E-state index in [1.807, 2.05) is 0 Å². The van der Waals surface area contributed by atoms with Gasteiger partial charge in [-0.1, -0.05) is 187 Å². The Morgan fingerprint density at radius 2 is 0.787 bits per heavy atom. The van der Waals surface area contributed by atoms with Crippen molar-refractivity contribution < 1.29 is 24.2 Å². The molecule has 47 heavy (non-hydrogen) atoms. The average molecular weight is 665 g/mol. The minimum absolute atomic E-state index is 0.0613. The number of allylic oxidation sites excluding steroid dienone is 2. The lowest BCUT2D eigenvalue weighted by Gasteiger charge is -2.15. The highest BCUT2D eigenvalue weighted by Gasteiger charge is 2.16. The number of hydrogen-bond acceptors (Lipinski definition) is 5. The number of rotatable bonds is 38. The van der Waals surface area contributed by atoms with Crippen molar-refractivity contribution >= 4 is 11.9 Å². The third-order valence-corrected chi connectivity index (χ3v) is 9.31. The molecule has 1 N–H and O–H groups in total. The molecule has 0 aromatic heterocycles. The molecule has 5 nitrogen and oxygen atoms in total. The van der Waals surface area contributed by atoms with Crippen molar-refractivity contribution in [3.63, 3.8) is 0 Å². The van der Waals surface area contributed by atoms with Crippen LogP contribution < -0.4 is 0 Å². The zero-order valence-corrected chi connectivity index (χ0v) is 31.6. The summed E-state index contributed by atoms with van der Waals surface area (Å²) >= 11 is 0. The van der Waals surface area contributed by atoms with E-state index in [0.29, 0.717) is 12.8 Å². The zero-order chi connectivity index (χ0) is 34.3. The number of carbonyl (C=O) groups excluding carboxylic acids is 2. The predicted molar refractivity (Wildman–Crippen MR) is 201 cm³/mol. The Morgan fingerprint density at radius 1 is 0.468 bits per heavy atom. The number of aliphatic hydroxyl groups is 1. The SMILES string of the molecule is CCCCCC/C=C/CCCCCCCCCC(=O)O[C@@H](CO)COC(=O)CCCCCCCCCCCCCCCCCCCC. The maximum Gasteiger partial charge on any atom is 0.306 e. The molecule has 0 unspecified atom stereocenters. The van der Waals surface area contributed by atoms with Crippen LogP contribution in [0.4, 0.5) is 0 Å². The molecular weight excluding hydrogens is 584 g/mol. The molecule has 5 heteroatoms. The fraction of sp³-hybridized carbons (Fsp3) is 0.905. The second-order valence-electron chi connectivity index (χ2n) is 14.1. The number of hydrogen-bond donors (Lipinski definition) is 1. The summed E-state index contributed by atoms with van der Waals surface area (Å²) in [7, 11) is 0. The summed E-state index contributed by atoms with van der Waals surface area (Å²) in [4.78, 5) is 24.3. The van der Waals surface area contributed by atoms with Crippen molar-refractivity contribution in [1.29, 1.82) is 0 Å². The normalized spacial score (nSPS) is 12.1. The van der Waals surface area contributed by atoms with Crippen LogP contribution in [0.5, 0.6) is 0 Å². The van der Waals surface area contributed by atoms with Crippen molar-refractivity contribution in [3.8, 4) is 0 Å². The largest absolute Gasteiger partial charge is 0.462 e. The topological polar surface area (TPSA) is 72.8 Å². The zero-order valence-electron chi connectivity index (χ0n) is 31.6. The Bertz CT molecular complexity index is 676. The van der Waals surface area contributed by atoms with E-state index in [1.54, 1.807) is 0 Å². The Hall–Kier alpha value is -1.36. The van der Waals surface area contributed by atoms with E-state index in [9.17, 15) is 14.7 Å². The van der Waals surface area contributed by atoms with Gasteiger partial charge in [0.05, 0.1) is 6.61 Å². The molecule has 0 aromatic carbocycles. The van der Waals surface area contributed by atoms with Gasteiger partial charge in [-0.25, -0.2) is 0 Å². The molecule has 278 valence electrons. The Kier molecular flexibility index (Phi) is 38.0. The second-order valence-corrected chi connectivity index (χ2v) is 14.1. The van der Waals surface area contributed by atoms with Gasteiger partial charge in [0.15, 0.2) is 6.10 Å². The van der Waals surface area contributed by atoms with Crippen LogP contribution in [-0.4, -0.2) is 36.4 Å². The van der Waals surface area contributed by atoms with Crippen LogP contribution in [0.1, 0.15) is 226 Å². The van der Waals surface area contributed by atoms with E-state index < -0.39 is 6.10 Å². The van der Waals surface area contributed by atoms with Crippen molar-refractivity contribution in [2.45, 2.75) is 232 Å². The Morgan fingerprint density at radius 3 is 1.17 bits per heavy atom. The van der Waals surface area contributed by atoms with E-state index in [2.05, 4.69) is 26.0 Å². The molecule has 0 bridgehead atoms. The average Bonchev–Trinajstić information content (AvgIpc) is 3.07. The lowest BCUT2D eigenvalue weighted by molar-refractivity contribution is -0.161. The van der Waals surface area contributed by atoms with E-state index in [4.69, 9.17) is 9.47 Å². The van der Waals surface area contributed by atoms with Crippen LogP contribution in [0.25, 0.3) is 0 Å². The highest BCUT2D eigenvalue weighted by atomic mass is 16.6. The summed E-state index contributed by atoms with van der Waals surface area (Å²) in [6.45, 7) is 4.14. The predicted octanol–water partition coefficient (Wildman–Crippen LogP) is 12.9. The van der Waals surface area contributed by atoms with Gasteiger partial charge in [0.2, 0.25) is 0 Å². The van der Waals surface area contributed by atoms with E-state index in [1.165, 1.54) is 167 Å². The molecular formula is C42H80O5. The maximum absolute atomic E-state index is 12.2. The summed E-state index contributed by atoms with van der Waals surface area (Å²) in [6, 6.07) is 0. The van der Waals surface area contributed by atoms with Gasteiger partial charge in [-0.05, 0) is 38.5 Å². The highest BCUT2D eigenvalue weighted by Crippen LogP contribution is 2.15. The molecule has 0 aliphatic rings. The van der Waals surface area contributed by atoms with Gasteiger partial charge >= 0.3 is 11.9 Å². The number of unbranched alkanes of at least 4 members (excludes halogenated alkanes) is 28. The Balaban J connectivity index is 3.50. The highest BCUT2D eigenvalue weighted by molar-refractivity contribution is 5.70. The minimum atomic E-state index is -0.767. The number of carbonyl (C=O) groups is 2. The summed E-state index contributed by atoms with van der Waals surface area (Å²) in [6.07, 6.45) is 44.2. The second kappa shape index (κ2) is 39.1. The fourth-order valence-corrected chi connectivity index (χ4v) is 6.14. The minimum Gasteiger partial charge on any atom is -0.462 e. The van der Waals surface area contributed by atoms with Crippen molar-refractivity contribution in [2.75, 3.05) is 13.2 Å². The number of esters is 2. The summed E-state index contributed by atoms with van der Waals surface area (Å²) in [5.74, 6) is -0.584. The molecule has 1 atom stereocenters. The quantitative estimate of drug-likeness (QED) is 0.0404. The van der Waals surface area contributed by atoms with E-state index in [0.717, 1.165) is 32.1 Å². The van der Waals surface area contributed by atoms with Gasteiger partial charge < -0.3 is 14.6 Å². The third kappa shape index (κ3) is 37.3. The lowest BCUT2D eigenvalue weighted by Crippen LogP contribution is -2.28. The molecule has 0 amide bonds. The van der Waals surface area contributed by atoms with E-state index in [-0.39, 0.29) is 25.2 Å². The molecule has 0 saturated heterocycles. The van der Waals surface area contributed by atoms with Crippen molar-refractivity contribution in [2.24, 2.45) is 0 Å². The molecule has 0 aliphatic carbocycles. The number of aliphatic hydroxyl groups excluding tert-OH is 1. The summed E-state index contributed by atoms with van der Waals surface area (Å²) < 4.78 is 10.6. The summed E-state index contributed by atoms with van der Waals surface area (Å²) in [5, 5.41) is 9.56. The standard InChI is InChI=1S/C42H80O5/c1-3-5-7-9-11-13-15-17-19-20-21-23-24-26-28-30-32-34-36-41(44)46-39-40(38-43)47-42(45)37-35-33-31-29-27-25-22-18-16-14-12-10-8-6-4-2/h14,16,40,43H,3-13,15,17-39H2,1-2H3/b16-14+/t40-/m0/s1. The molecule has 0 aliphatic heterocycles. The first-order valence-corrected chi connectivity index (χ1v) is 20.7. The molecule has 0 saturated carbocycles. The molecule has 0 aromatic rings. The number of ether oxygens (including phenoxy) is 2. The maximum atomic E-state index is 12.2. The van der Waals surface area contributed by atoms with E-state index >= 15 is 0 Å². The third-order valence-electron chi connectivity index (χ3n) is 9.31. The first kappa shape index (κ1) is 45.6. The first-order valence-electron chi connectivity index (χ1n) is 20.7. The lowest BCUT2D eigenvalue weighted by atomic mass is 10.0. The van der Waals surface area contributed by atoms with Gasteiger partial charge in [0, 0.05) is 12.8 Å². The van der Waals surface area contributed by atoms with Crippen LogP contribution in [-0.2, 0) is 19.1 Å². The van der Waals surface area contributed by atoms with Gasteiger partial charge in [-0.15, -0.1) is 0 Å². The van der Waals surface area contributed by atoms with Gasteiger partial charge in [0.1, 0.15) is 6.61 Å². The molecule has 0 rings (SSSR count). The van der Waals surface area contributed by atoms with Gasteiger partial charge in [-0.2, -0.15) is 0 Å². The monoisotopic (exact) mass is 665 g/mol. The summed E-state index contributed by atoms with van der Waals surface area (Å²) in [5.41, 5.74) is 0. The van der Waals surface area contributed by atoms with Crippen molar-refractivity contribution in [1.82, 2.24) is 0 Å². The van der Waals surface area contributed by atoms with Gasteiger partial charge in [-0.3, -0.25) is 9.59 Å². The van der Waals surface area contributed by atoms with Crippen molar-refractivity contribution in [3.05, 3.63) is 12.2 Å². The van der Waals surface area contributed by atoms with Gasteiger partial charge in [0.25, 0.3) is 0 Å². The fourth-order valence-electron chi connectivity index (χ4n) is 6.14. The van der Waals surface area contributed by atoms with Crippen LogP contribution in [0.15, 0.2) is 12.2 Å². The van der Waals surface area contributed by atoms with Crippen LogP contribution >= 0.6 is 0 Å². The first-order chi connectivity index (χ1) is 23.1. The molecule has 0 spiro atoms.